The molecule has 0 aliphatic carbocycles. The molecule has 6 heteroatoms. The number of morpholine rings is 1. The van der Waals surface area contributed by atoms with Gasteiger partial charge in [0.25, 0.3) is 5.69 Å². The van der Waals surface area contributed by atoms with Crippen molar-refractivity contribution in [1.82, 2.24) is 0 Å². The van der Waals surface area contributed by atoms with Crippen LogP contribution >= 0.6 is 0 Å². The number of rotatable bonds is 3. The Morgan fingerprint density at radius 2 is 2.11 bits per heavy atom. The Morgan fingerprint density at radius 1 is 1.44 bits per heavy atom. The number of nitro benzene ring substituents is 1. The van der Waals surface area contributed by atoms with Gasteiger partial charge in [-0.15, -0.1) is 0 Å². The summed E-state index contributed by atoms with van der Waals surface area (Å²) in [5.41, 5.74) is 1.18. The summed E-state index contributed by atoms with van der Waals surface area (Å²) in [6.07, 6.45) is -0.706. The van der Waals surface area contributed by atoms with Crippen LogP contribution in [-0.2, 0) is 4.74 Å². The van der Waals surface area contributed by atoms with Gasteiger partial charge in [0.1, 0.15) is 5.69 Å². The molecular weight excluding hydrogens is 236 g/mol. The van der Waals surface area contributed by atoms with Crippen LogP contribution < -0.4 is 4.90 Å². The number of hydrogen-bond donors (Lipinski definition) is 1. The SMILES string of the molecule is C[C@@H](O)c1ccc(N2CCOCC2)c([N+](=O)[O-])c1. The van der Waals surface area contributed by atoms with E-state index in [0.717, 1.165) is 0 Å². The smallest absolute Gasteiger partial charge is 0.292 e. The summed E-state index contributed by atoms with van der Waals surface area (Å²) in [5, 5.41) is 20.6. The van der Waals surface area contributed by atoms with E-state index in [-0.39, 0.29) is 5.69 Å². The van der Waals surface area contributed by atoms with Crippen LogP contribution in [0.15, 0.2) is 18.2 Å². The molecule has 0 saturated carbocycles. The molecule has 0 radical (unpaired) electrons. The molecule has 0 spiro atoms. The third-order valence-corrected chi connectivity index (χ3v) is 3.03. The Kier molecular flexibility index (Phi) is 3.78. The first kappa shape index (κ1) is 12.8. The van der Waals surface area contributed by atoms with E-state index in [2.05, 4.69) is 0 Å². The number of benzene rings is 1. The van der Waals surface area contributed by atoms with Crippen molar-refractivity contribution in [3.05, 3.63) is 33.9 Å². The van der Waals surface area contributed by atoms with E-state index in [4.69, 9.17) is 4.74 Å². The van der Waals surface area contributed by atoms with Gasteiger partial charge < -0.3 is 14.7 Å². The molecular formula is C12H16N2O4. The van der Waals surface area contributed by atoms with Crippen LogP contribution in [-0.4, -0.2) is 36.3 Å². The second kappa shape index (κ2) is 5.32. The number of nitro groups is 1. The lowest BCUT2D eigenvalue weighted by atomic mass is 10.1. The second-order valence-corrected chi connectivity index (χ2v) is 4.28. The highest BCUT2D eigenvalue weighted by Crippen LogP contribution is 2.31. The van der Waals surface area contributed by atoms with E-state index in [9.17, 15) is 15.2 Å². The monoisotopic (exact) mass is 252 g/mol. The molecule has 1 aliphatic rings. The van der Waals surface area contributed by atoms with Gasteiger partial charge in [-0.3, -0.25) is 10.1 Å². The maximum Gasteiger partial charge on any atom is 0.292 e. The highest BCUT2D eigenvalue weighted by atomic mass is 16.6. The molecule has 1 aromatic rings. The van der Waals surface area contributed by atoms with E-state index < -0.39 is 11.0 Å². The Hall–Kier alpha value is -1.66. The van der Waals surface area contributed by atoms with Gasteiger partial charge in [0, 0.05) is 19.2 Å². The third kappa shape index (κ3) is 2.60. The molecule has 0 aromatic heterocycles. The van der Waals surface area contributed by atoms with E-state index in [0.29, 0.717) is 37.6 Å². The Balaban J connectivity index is 2.36. The van der Waals surface area contributed by atoms with Gasteiger partial charge in [0.05, 0.1) is 24.2 Å². The summed E-state index contributed by atoms with van der Waals surface area (Å²) in [7, 11) is 0. The van der Waals surface area contributed by atoms with Gasteiger partial charge in [0.2, 0.25) is 0 Å². The molecule has 1 fully saturated rings. The quantitative estimate of drug-likeness (QED) is 0.651. The molecule has 0 unspecified atom stereocenters. The molecule has 0 bridgehead atoms. The number of nitrogens with zero attached hydrogens (tertiary/aromatic N) is 2. The molecule has 0 amide bonds. The Labute approximate surface area is 105 Å². The molecule has 1 N–H and O–H groups in total. The molecule has 1 atom stereocenters. The van der Waals surface area contributed by atoms with Crippen LogP contribution in [0.3, 0.4) is 0 Å². The molecule has 1 aromatic carbocycles. The molecule has 98 valence electrons. The van der Waals surface area contributed by atoms with Crippen molar-refractivity contribution in [3.8, 4) is 0 Å². The predicted molar refractivity (Wildman–Crippen MR) is 66.8 cm³/mol. The average molecular weight is 252 g/mol. The van der Waals surface area contributed by atoms with Crippen LogP contribution in [0, 0.1) is 10.1 Å². The number of anilines is 1. The van der Waals surface area contributed by atoms with Gasteiger partial charge in [-0.25, -0.2) is 0 Å². The second-order valence-electron chi connectivity index (χ2n) is 4.28. The fraction of sp³-hybridized carbons (Fsp3) is 0.500. The van der Waals surface area contributed by atoms with Gasteiger partial charge >= 0.3 is 0 Å². The molecule has 1 saturated heterocycles. The number of aliphatic hydroxyl groups excluding tert-OH is 1. The van der Waals surface area contributed by atoms with Crippen molar-refractivity contribution >= 4 is 11.4 Å². The summed E-state index contributed by atoms with van der Waals surface area (Å²) >= 11 is 0. The first-order valence-corrected chi connectivity index (χ1v) is 5.88. The topological polar surface area (TPSA) is 75.8 Å². The van der Waals surface area contributed by atoms with E-state index in [1.165, 1.54) is 6.07 Å². The third-order valence-electron chi connectivity index (χ3n) is 3.03. The number of aliphatic hydroxyl groups is 1. The summed E-state index contributed by atoms with van der Waals surface area (Å²) in [5.74, 6) is 0. The largest absolute Gasteiger partial charge is 0.389 e. The highest BCUT2D eigenvalue weighted by molar-refractivity contribution is 5.64. The molecule has 1 aliphatic heterocycles. The summed E-state index contributed by atoms with van der Waals surface area (Å²) in [6.45, 7) is 4.04. The normalized spacial score (nSPS) is 17.6. The van der Waals surface area contributed by atoms with Gasteiger partial charge in [-0.05, 0) is 18.6 Å². The first-order valence-electron chi connectivity index (χ1n) is 5.88. The van der Waals surface area contributed by atoms with Gasteiger partial charge in [0.15, 0.2) is 0 Å². The standard InChI is InChI=1S/C12H16N2O4/c1-9(15)10-2-3-11(12(8-10)14(16)17)13-4-6-18-7-5-13/h2-3,8-9,15H,4-7H2,1H3/t9-/m1/s1. The maximum atomic E-state index is 11.1. The molecule has 1 heterocycles. The minimum atomic E-state index is -0.706. The van der Waals surface area contributed by atoms with Gasteiger partial charge in [-0.1, -0.05) is 6.07 Å². The van der Waals surface area contributed by atoms with Crippen molar-refractivity contribution < 1.29 is 14.8 Å². The summed E-state index contributed by atoms with van der Waals surface area (Å²) in [6, 6.07) is 4.86. The minimum Gasteiger partial charge on any atom is -0.389 e. The zero-order valence-electron chi connectivity index (χ0n) is 10.2. The molecule has 18 heavy (non-hydrogen) atoms. The lowest BCUT2D eigenvalue weighted by molar-refractivity contribution is -0.384. The highest BCUT2D eigenvalue weighted by Gasteiger charge is 2.22. The van der Waals surface area contributed by atoms with Crippen molar-refractivity contribution in [3.63, 3.8) is 0 Å². The number of ether oxygens (including phenoxy) is 1. The lowest BCUT2D eigenvalue weighted by Gasteiger charge is -2.28. The van der Waals surface area contributed by atoms with Crippen LogP contribution in [0.2, 0.25) is 0 Å². The Morgan fingerprint density at radius 3 is 2.67 bits per heavy atom. The molecule has 2 rings (SSSR count). The zero-order valence-corrected chi connectivity index (χ0v) is 10.2. The van der Waals surface area contributed by atoms with Crippen LogP contribution in [0.1, 0.15) is 18.6 Å². The first-order chi connectivity index (χ1) is 8.59. The van der Waals surface area contributed by atoms with Crippen LogP contribution in [0.25, 0.3) is 0 Å². The van der Waals surface area contributed by atoms with Crippen molar-refractivity contribution in [2.75, 3.05) is 31.2 Å². The fourth-order valence-corrected chi connectivity index (χ4v) is 2.02. The Bertz CT molecular complexity index is 442. The van der Waals surface area contributed by atoms with E-state index in [1.54, 1.807) is 19.1 Å². The van der Waals surface area contributed by atoms with Crippen molar-refractivity contribution in [1.29, 1.82) is 0 Å². The zero-order chi connectivity index (χ0) is 13.1. The minimum absolute atomic E-state index is 0.0373. The number of hydrogen-bond acceptors (Lipinski definition) is 5. The molecule has 6 nitrogen and oxygen atoms in total. The van der Waals surface area contributed by atoms with Crippen LogP contribution in [0.4, 0.5) is 11.4 Å². The van der Waals surface area contributed by atoms with Crippen molar-refractivity contribution in [2.24, 2.45) is 0 Å². The summed E-state index contributed by atoms with van der Waals surface area (Å²) in [4.78, 5) is 12.6. The van der Waals surface area contributed by atoms with E-state index >= 15 is 0 Å². The van der Waals surface area contributed by atoms with Crippen LogP contribution in [0.5, 0.6) is 0 Å². The maximum absolute atomic E-state index is 11.1. The van der Waals surface area contributed by atoms with Crippen molar-refractivity contribution in [2.45, 2.75) is 13.0 Å². The average Bonchev–Trinajstić information content (AvgIpc) is 2.39. The predicted octanol–water partition coefficient (Wildman–Crippen LogP) is 1.48. The summed E-state index contributed by atoms with van der Waals surface area (Å²) < 4.78 is 5.23. The lowest BCUT2D eigenvalue weighted by Crippen LogP contribution is -2.36. The van der Waals surface area contributed by atoms with E-state index in [1.807, 2.05) is 4.90 Å². The van der Waals surface area contributed by atoms with Gasteiger partial charge in [-0.2, -0.15) is 0 Å². The fourth-order valence-electron chi connectivity index (χ4n) is 2.02.